The average Bonchev–Trinajstić information content (AvgIpc) is 3.25. The molecule has 106 valence electrons. The van der Waals surface area contributed by atoms with Crippen LogP contribution in [0.3, 0.4) is 0 Å². The van der Waals surface area contributed by atoms with Crippen LogP contribution in [0.4, 0.5) is 5.69 Å². The molecule has 1 heterocycles. The molecule has 5 heteroatoms. The van der Waals surface area contributed by atoms with E-state index in [2.05, 4.69) is 5.32 Å². The first kappa shape index (κ1) is 13.0. The van der Waals surface area contributed by atoms with Crippen LogP contribution in [0.1, 0.15) is 25.7 Å². The molecule has 1 fully saturated rings. The van der Waals surface area contributed by atoms with Crippen LogP contribution >= 0.6 is 0 Å². The highest BCUT2D eigenvalue weighted by Gasteiger charge is 2.26. The summed E-state index contributed by atoms with van der Waals surface area (Å²) in [6, 6.07) is 7.89. The van der Waals surface area contributed by atoms with Gasteiger partial charge in [-0.2, -0.15) is 0 Å². The molecule has 20 heavy (non-hydrogen) atoms. The molecule has 0 bridgehead atoms. The molecule has 0 aromatic heterocycles. The zero-order chi connectivity index (χ0) is 13.9. The maximum Gasteiger partial charge on any atom is 0.265 e. The fourth-order valence-electron chi connectivity index (χ4n) is 2.32. The molecule has 0 spiro atoms. The molecule has 0 saturated heterocycles. The molecule has 1 saturated carbocycles. The molecule has 1 aromatic carbocycles. The molecular weight excluding hydrogens is 256 g/mol. The second kappa shape index (κ2) is 5.53. The third kappa shape index (κ3) is 2.92. The fourth-order valence-corrected chi connectivity index (χ4v) is 2.32. The van der Waals surface area contributed by atoms with Crippen LogP contribution < -0.4 is 15.0 Å². The van der Waals surface area contributed by atoms with Gasteiger partial charge >= 0.3 is 0 Å². The van der Waals surface area contributed by atoms with Crippen molar-refractivity contribution in [2.75, 3.05) is 18.1 Å². The highest BCUT2D eigenvalue weighted by Crippen LogP contribution is 2.31. The van der Waals surface area contributed by atoms with E-state index in [4.69, 9.17) is 4.74 Å². The van der Waals surface area contributed by atoms with Crippen LogP contribution in [0.2, 0.25) is 0 Å². The number of ether oxygens (including phenoxy) is 1. The lowest BCUT2D eigenvalue weighted by Gasteiger charge is -2.29. The topological polar surface area (TPSA) is 58.6 Å². The molecular formula is C15H18N2O3. The first-order valence-corrected chi connectivity index (χ1v) is 7.05. The summed E-state index contributed by atoms with van der Waals surface area (Å²) in [6.07, 6.45) is 3.32. The monoisotopic (exact) mass is 274 g/mol. The third-order valence-electron chi connectivity index (χ3n) is 3.54. The standard InChI is InChI=1S/C15H18N2O3/c18-14(16-11-7-8-11)6-3-9-17-12-4-1-2-5-13(12)20-10-15(17)19/h1-2,4-5,11H,3,6-10H2,(H,16,18). The summed E-state index contributed by atoms with van der Waals surface area (Å²) in [6.45, 7) is 0.628. The van der Waals surface area contributed by atoms with E-state index in [0.29, 0.717) is 25.4 Å². The molecule has 5 nitrogen and oxygen atoms in total. The number of carbonyl (C=O) groups is 2. The van der Waals surface area contributed by atoms with Crippen LogP contribution in [-0.4, -0.2) is 31.0 Å². The molecule has 1 aliphatic carbocycles. The summed E-state index contributed by atoms with van der Waals surface area (Å²) in [5.41, 5.74) is 0.798. The smallest absolute Gasteiger partial charge is 0.265 e. The van der Waals surface area contributed by atoms with E-state index in [9.17, 15) is 9.59 Å². The first-order chi connectivity index (χ1) is 9.74. The maximum atomic E-state index is 11.9. The summed E-state index contributed by atoms with van der Waals surface area (Å²) < 4.78 is 5.38. The molecule has 1 aliphatic heterocycles. The molecule has 3 rings (SSSR count). The van der Waals surface area contributed by atoms with Gasteiger partial charge < -0.3 is 15.0 Å². The van der Waals surface area contributed by atoms with E-state index in [-0.39, 0.29) is 18.4 Å². The van der Waals surface area contributed by atoms with Crippen molar-refractivity contribution in [3.8, 4) is 5.75 Å². The fraction of sp³-hybridized carbons (Fsp3) is 0.467. The number of fused-ring (bicyclic) bond motifs is 1. The summed E-state index contributed by atoms with van der Waals surface area (Å²) in [4.78, 5) is 25.3. The Kier molecular flexibility index (Phi) is 3.58. The predicted molar refractivity (Wildman–Crippen MR) is 74.7 cm³/mol. The van der Waals surface area contributed by atoms with Gasteiger partial charge in [-0.05, 0) is 31.4 Å². The van der Waals surface area contributed by atoms with Gasteiger partial charge in [-0.1, -0.05) is 12.1 Å². The zero-order valence-electron chi connectivity index (χ0n) is 11.3. The number of nitrogens with one attached hydrogen (secondary N) is 1. The molecule has 2 aliphatic rings. The second-order valence-corrected chi connectivity index (χ2v) is 5.25. The summed E-state index contributed by atoms with van der Waals surface area (Å²) >= 11 is 0. The van der Waals surface area contributed by atoms with Gasteiger partial charge in [0.05, 0.1) is 5.69 Å². The summed E-state index contributed by atoms with van der Waals surface area (Å²) in [7, 11) is 0. The third-order valence-corrected chi connectivity index (χ3v) is 3.54. The first-order valence-electron chi connectivity index (χ1n) is 7.05. The van der Waals surface area contributed by atoms with E-state index in [1.807, 2.05) is 24.3 Å². The molecule has 0 atom stereocenters. The van der Waals surface area contributed by atoms with Gasteiger partial charge in [0.25, 0.3) is 5.91 Å². The number of amides is 2. The van der Waals surface area contributed by atoms with Gasteiger partial charge in [0, 0.05) is 19.0 Å². The van der Waals surface area contributed by atoms with Gasteiger partial charge in [0.15, 0.2) is 6.61 Å². The van der Waals surface area contributed by atoms with Crippen LogP contribution in [0, 0.1) is 0 Å². The lowest BCUT2D eigenvalue weighted by Crippen LogP contribution is -2.39. The normalized spacial score (nSPS) is 17.4. The molecule has 2 amide bonds. The van der Waals surface area contributed by atoms with Crippen LogP contribution in [-0.2, 0) is 9.59 Å². The van der Waals surface area contributed by atoms with Crippen LogP contribution in [0.5, 0.6) is 5.75 Å². The lowest BCUT2D eigenvalue weighted by molar-refractivity contribution is -0.122. The summed E-state index contributed by atoms with van der Waals surface area (Å²) in [5, 5.41) is 2.95. The van der Waals surface area contributed by atoms with E-state index < -0.39 is 0 Å². The SMILES string of the molecule is O=C(CCCN1C(=O)COc2ccccc21)NC1CC1. The van der Waals surface area contributed by atoms with Crippen LogP contribution in [0.15, 0.2) is 24.3 Å². The van der Waals surface area contributed by atoms with Crippen LogP contribution in [0.25, 0.3) is 0 Å². The maximum absolute atomic E-state index is 11.9. The summed E-state index contributed by atoms with van der Waals surface area (Å²) in [5.74, 6) is 0.766. The Morgan fingerprint density at radius 2 is 2.15 bits per heavy atom. The highest BCUT2D eigenvalue weighted by atomic mass is 16.5. The Bertz CT molecular complexity index is 526. The number of rotatable bonds is 5. The number of benzene rings is 1. The number of nitrogens with zero attached hydrogens (tertiary/aromatic N) is 1. The van der Waals surface area contributed by atoms with Gasteiger partial charge in [-0.3, -0.25) is 9.59 Å². The van der Waals surface area contributed by atoms with Gasteiger partial charge in [-0.25, -0.2) is 0 Å². The van der Waals surface area contributed by atoms with E-state index in [1.165, 1.54) is 0 Å². The largest absolute Gasteiger partial charge is 0.482 e. The number of hydrogen-bond donors (Lipinski definition) is 1. The van der Waals surface area contributed by atoms with Crippen molar-refractivity contribution in [2.45, 2.75) is 31.7 Å². The number of anilines is 1. The Labute approximate surface area is 117 Å². The highest BCUT2D eigenvalue weighted by molar-refractivity contribution is 5.97. The molecule has 0 unspecified atom stereocenters. The van der Waals surface area contributed by atoms with Gasteiger partial charge in [0.1, 0.15) is 5.75 Å². The average molecular weight is 274 g/mol. The molecule has 1 N–H and O–H groups in total. The lowest BCUT2D eigenvalue weighted by atomic mass is 10.2. The zero-order valence-corrected chi connectivity index (χ0v) is 11.3. The Morgan fingerprint density at radius 3 is 2.95 bits per heavy atom. The predicted octanol–water partition coefficient (Wildman–Crippen LogP) is 1.47. The van der Waals surface area contributed by atoms with E-state index >= 15 is 0 Å². The van der Waals surface area contributed by atoms with Crippen molar-refractivity contribution >= 4 is 17.5 Å². The Morgan fingerprint density at radius 1 is 1.35 bits per heavy atom. The minimum atomic E-state index is -0.0497. The Balaban J connectivity index is 1.56. The number of hydrogen-bond acceptors (Lipinski definition) is 3. The van der Waals surface area contributed by atoms with Gasteiger partial charge in [-0.15, -0.1) is 0 Å². The minimum Gasteiger partial charge on any atom is -0.482 e. The van der Waals surface area contributed by atoms with Crippen molar-refractivity contribution in [1.29, 1.82) is 0 Å². The molecule has 0 radical (unpaired) electrons. The van der Waals surface area contributed by atoms with E-state index in [1.54, 1.807) is 4.90 Å². The minimum absolute atomic E-state index is 0.0497. The Hall–Kier alpha value is -2.04. The number of carbonyl (C=O) groups excluding carboxylic acids is 2. The van der Waals surface area contributed by atoms with Crippen molar-refractivity contribution in [3.05, 3.63) is 24.3 Å². The van der Waals surface area contributed by atoms with Crippen molar-refractivity contribution in [2.24, 2.45) is 0 Å². The number of para-hydroxylation sites is 2. The second-order valence-electron chi connectivity index (χ2n) is 5.25. The van der Waals surface area contributed by atoms with Gasteiger partial charge in [0.2, 0.25) is 5.91 Å². The van der Waals surface area contributed by atoms with Crippen molar-refractivity contribution < 1.29 is 14.3 Å². The quantitative estimate of drug-likeness (QED) is 0.884. The van der Waals surface area contributed by atoms with Crippen molar-refractivity contribution in [3.63, 3.8) is 0 Å². The van der Waals surface area contributed by atoms with E-state index in [0.717, 1.165) is 24.3 Å². The molecule has 1 aromatic rings. The van der Waals surface area contributed by atoms with Crippen molar-refractivity contribution in [1.82, 2.24) is 5.32 Å².